The van der Waals surface area contributed by atoms with Crippen molar-refractivity contribution in [3.05, 3.63) is 58.9 Å². The number of para-hydroxylation sites is 1. The number of aromatic nitrogens is 2. The zero-order chi connectivity index (χ0) is 18.6. The smallest absolute Gasteiger partial charge is 0.405 e. The highest BCUT2D eigenvalue weighted by molar-refractivity contribution is 7.08. The molecule has 0 saturated heterocycles. The van der Waals surface area contributed by atoms with Gasteiger partial charge in [0.25, 0.3) is 5.91 Å². The molecule has 0 aliphatic heterocycles. The van der Waals surface area contributed by atoms with E-state index in [1.165, 1.54) is 18.2 Å². The second-order valence-corrected chi connectivity index (χ2v) is 6.06. The molecule has 0 aliphatic carbocycles. The number of nitrogens with one attached hydrogen (secondary N) is 1. The number of ether oxygens (including phenoxy) is 1. The lowest BCUT2D eigenvalue weighted by Gasteiger charge is -2.13. The number of alkyl halides is 3. The van der Waals surface area contributed by atoms with E-state index in [0.717, 1.165) is 17.3 Å². The summed E-state index contributed by atoms with van der Waals surface area (Å²) >= 11 is 1.57. The lowest BCUT2D eigenvalue weighted by atomic mass is 10.2. The van der Waals surface area contributed by atoms with Gasteiger partial charge in [-0.25, -0.2) is 0 Å². The van der Waals surface area contributed by atoms with Gasteiger partial charge < -0.3 is 10.1 Å². The summed E-state index contributed by atoms with van der Waals surface area (Å²) in [5, 5.41) is 10.9. The minimum Gasteiger partial charge on any atom is -0.405 e. The van der Waals surface area contributed by atoms with Crippen molar-refractivity contribution in [2.75, 3.05) is 6.54 Å². The first-order valence-electron chi connectivity index (χ1n) is 7.61. The van der Waals surface area contributed by atoms with Crippen LogP contribution < -0.4 is 10.1 Å². The van der Waals surface area contributed by atoms with Crippen LogP contribution in [0.4, 0.5) is 13.2 Å². The first kappa shape index (κ1) is 18.0. The number of nitrogens with zero attached hydrogens (tertiary/aromatic N) is 2. The quantitative estimate of drug-likeness (QED) is 0.704. The zero-order valence-corrected chi connectivity index (χ0v) is 14.2. The van der Waals surface area contributed by atoms with E-state index >= 15 is 0 Å². The molecule has 0 aliphatic rings. The number of thiophene rings is 1. The predicted octanol–water partition coefficient (Wildman–Crippen LogP) is 3.94. The van der Waals surface area contributed by atoms with Gasteiger partial charge in [-0.3, -0.25) is 9.48 Å². The molecule has 26 heavy (non-hydrogen) atoms. The number of amides is 1. The minimum atomic E-state index is -4.86. The summed E-state index contributed by atoms with van der Waals surface area (Å²) in [6, 6.07) is 9.03. The molecule has 2 heterocycles. The van der Waals surface area contributed by atoms with Crippen LogP contribution in [-0.2, 0) is 6.54 Å². The summed E-state index contributed by atoms with van der Waals surface area (Å²) in [6.07, 6.45) is -3.08. The van der Waals surface area contributed by atoms with E-state index in [1.54, 1.807) is 22.2 Å². The Labute approximate surface area is 151 Å². The molecule has 1 amide bonds. The molecule has 0 radical (unpaired) electrons. The zero-order valence-electron chi connectivity index (χ0n) is 13.4. The van der Waals surface area contributed by atoms with Crippen LogP contribution >= 0.6 is 11.3 Å². The second kappa shape index (κ2) is 7.61. The van der Waals surface area contributed by atoms with Gasteiger partial charge in [0.15, 0.2) is 0 Å². The summed E-state index contributed by atoms with van der Waals surface area (Å²) in [4.78, 5) is 12.1. The average Bonchev–Trinajstić information content (AvgIpc) is 3.25. The van der Waals surface area contributed by atoms with Crippen LogP contribution in [0.15, 0.2) is 53.4 Å². The molecule has 0 bridgehead atoms. The van der Waals surface area contributed by atoms with E-state index in [9.17, 15) is 18.0 Å². The number of hydrogen-bond donors (Lipinski definition) is 1. The fraction of sp³-hybridized carbons (Fsp3) is 0.176. The van der Waals surface area contributed by atoms with Crippen molar-refractivity contribution in [3.8, 4) is 17.0 Å². The summed E-state index contributed by atoms with van der Waals surface area (Å²) in [7, 11) is 0. The molecule has 3 aromatic rings. The molecule has 1 N–H and O–H groups in total. The van der Waals surface area contributed by atoms with Crippen molar-refractivity contribution < 1.29 is 22.7 Å². The predicted molar refractivity (Wildman–Crippen MR) is 91.0 cm³/mol. The van der Waals surface area contributed by atoms with Gasteiger partial charge in [0.1, 0.15) is 5.75 Å². The van der Waals surface area contributed by atoms with Crippen molar-refractivity contribution in [3.63, 3.8) is 0 Å². The van der Waals surface area contributed by atoms with Gasteiger partial charge in [-0.05, 0) is 29.6 Å². The highest BCUT2D eigenvalue weighted by atomic mass is 32.1. The van der Waals surface area contributed by atoms with E-state index in [0.29, 0.717) is 6.54 Å². The number of benzene rings is 1. The summed E-state index contributed by atoms with van der Waals surface area (Å²) in [5.74, 6) is -1.17. The molecule has 136 valence electrons. The Hall–Kier alpha value is -2.81. The van der Waals surface area contributed by atoms with Crippen molar-refractivity contribution in [2.45, 2.75) is 12.9 Å². The second-order valence-electron chi connectivity index (χ2n) is 5.28. The molecular weight excluding hydrogens is 367 g/mol. The number of halogens is 3. The van der Waals surface area contributed by atoms with Crippen molar-refractivity contribution in [1.29, 1.82) is 0 Å². The largest absolute Gasteiger partial charge is 0.573 e. The van der Waals surface area contributed by atoms with E-state index < -0.39 is 18.0 Å². The van der Waals surface area contributed by atoms with Crippen LogP contribution in [-0.4, -0.2) is 28.6 Å². The summed E-state index contributed by atoms with van der Waals surface area (Å²) < 4.78 is 42.8. The molecule has 0 atom stereocenters. The monoisotopic (exact) mass is 381 g/mol. The summed E-state index contributed by atoms with van der Waals surface area (Å²) in [6.45, 7) is 0.599. The fourth-order valence-electron chi connectivity index (χ4n) is 2.30. The Morgan fingerprint density at radius 3 is 2.77 bits per heavy atom. The molecule has 0 spiro atoms. The van der Waals surface area contributed by atoms with E-state index in [4.69, 9.17) is 0 Å². The van der Waals surface area contributed by atoms with Crippen LogP contribution in [0.3, 0.4) is 0 Å². The van der Waals surface area contributed by atoms with Gasteiger partial charge in [-0.15, -0.1) is 13.2 Å². The van der Waals surface area contributed by atoms with Gasteiger partial charge in [-0.1, -0.05) is 12.1 Å². The SMILES string of the molecule is O=C(NCCn1ccc(-c2ccsc2)n1)c1ccccc1OC(F)(F)F. The van der Waals surface area contributed by atoms with Crippen LogP contribution in [0.1, 0.15) is 10.4 Å². The molecule has 0 fully saturated rings. The third-order valence-corrected chi connectivity index (χ3v) is 4.12. The Morgan fingerprint density at radius 1 is 1.23 bits per heavy atom. The van der Waals surface area contributed by atoms with Crippen LogP contribution in [0.25, 0.3) is 11.3 Å². The Balaban J connectivity index is 1.58. The Bertz CT molecular complexity index is 876. The molecule has 0 unspecified atom stereocenters. The molecule has 5 nitrogen and oxygen atoms in total. The van der Waals surface area contributed by atoms with Crippen molar-refractivity contribution >= 4 is 17.2 Å². The first-order valence-corrected chi connectivity index (χ1v) is 8.56. The Morgan fingerprint density at radius 2 is 2.04 bits per heavy atom. The van der Waals surface area contributed by atoms with Crippen molar-refractivity contribution in [1.82, 2.24) is 15.1 Å². The van der Waals surface area contributed by atoms with E-state index in [1.807, 2.05) is 22.9 Å². The third-order valence-electron chi connectivity index (χ3n) is 3.44. The standard InChI is InChI=1S/C17H14F3N3O2S/c18-17(19,20)25-15-4-2-1-3-13(15)16(24)21-7-9-23-8-5-14(22-23)12-6-10-26-11-12/h1-6,8,10-11H,7,9H2,(H,21,24). The van der Waals surface area contributed by atoms with Crippen LogP contribution in [0, 0.1) is 0 Å². The lowest BCUT2D eigenvalue weighted by Crippen LogP contribution is -2.28. The van der Waals surface area contributed by atoms with Gasteiger partial charge in [0.2, 0.25) is 0 Å². The number of carbonyl (C=O) groups is 1. The number of rotatable bonds is 6. The highest BCUT2D eigenvalue weighted by Gasteiger charge is 2.32. The highest BCUT2D eigenvalue weighted by Crippen LogP contribution is 2.26. The fourth-order valence-corrected chi connectivity index (χ4v) is 2.95. The number of hydrogen-bond acceptors (Lipinski definition) is 4. The molecule has 3 rings (SSSR count). The lowest BCUT2D eigenvalue weighted by molar-refractivity contribution is -0.274. The maximum Gasteiger partial charge on any atom is 0.573 e. The van der Waals surface area contributed by atoms with Gasteiger partial charge in [0.05, 0.1) is 17.8 Å². The van der Waals surface area contributed by atoms with Gasteiger partial charge in [-0.2, -0.15) is 16.4 Å². The first-order chi connectivity index (χ1) is 12.4. The summed E-state index contributed by atoms with van der Waals surface area (Å²) in [5.41, 5.74) is 1.65. The average molecular weight is 381 g/mol. The topological polar surface area (TPSA) is 56.2 Å². The Kier molecular flexibility index (Phi) is 5.27. The molecular formula is C17H14F3N3O2S. The van der Waals surface area contributed by atoms with Gasteiger partial charge in [0, 0.05) is 23.7 Å². The molecule has 1 aromatic carbocycles. The molecule has 2 aromatic heterocycles. The van der Waals surface area contributed by atoms with E-state index in [2.05, 4.69) is 15.2 Å². The molecule has 0 saturated carbocycles. The van der Waals surface area contributed by atoms with Crippen molar-refractivity contribution in [2.24, 2.45) is 0 Å². The molecule has 9 heteroatoms. The maximum atomic E-state index is 12.4. The third kappa shape index (κ3) is 4.63. The maximum absolute atomic E-state index is 12.4. The normalized spacial score (nSPS) is 11.3. The van der Waals surface area contributed by atoms with Gasteiger partial charge >= 0.3 is 6.36 Å². The number of carbonyl (C=O) groups excluding carboxylic acids is 1. The van der Waals surface area contributed by atoms with Crippen LogP contribution in [0.5, 0.6) is 5.75 Å². The van der Waals surface area contributed by atoms with E-state index in [-0.39, 0.29) is 12.1 Å². The van der Waals surface area contributed by atoms with Crippen LogP contribution in [0.2, 0.25) is 0 Å². The minimum absolute atomic E-state index is 0.177.